The number of nitrogens with zero attached hydrogens (tertiary/aromatic N) is 2. The smallest absolute Gasteiger partial charge is 0.335 e. The molecule has 0 fully saturated rings. The normalized spacial score (nSPS) is 14.1. The van der Waals surface area contributed by atoms with Gasteiger partial charge in [-0.1, -0.05) is 29.8 Å². The number of allylic oxidation sites excluding steroid dienone is 1. The van der Waals surface area contributed by atoms with Crippen molar-refractivity contribution in [1.82, 2.24) is 4.98 Å². The highest BCUT2D eigenvalue weighted by molar-refractivity contribution is 6.41. The quantitative estimate of drug-likeness (QED) is 0.494. The Morgan fingerprint density at radius 1 is 1.07 bits per heavy atom. The lowest BCUT2D eigenvalue weighted by Crippen LogP contribution is -2.26. The van der Waals surface area contributed by atoms with Gasteiger partial charge in [-0.05, 0) is 48.0 Å². The number of rotatable bonds is 5. The van der Waals surface area contributed by atoms with E-state index in [4.69, 9.17) is 11.6 Å². The monoisotopic (exact) mass is 418 g/mol. The third-order valence-corrected chi connectivity index (χ3v) is 5.08. The lowest BCUT2D eigenvalue weighted by molar-refractivity contribution is -0.113. The first-order valence-electron chi connectivity index (χ1n) is 9.05. The molecule has 2 heterocycles. The van der Waals surface area contributed by atoms with Gasteiger partial charge in [0.15, 0.2) is 5.78 Å². The van der Waals surface area contributed by atoms with Crippen LogP contribution in [-0.2, 0) is 11.3 Å². The van der Waals surface area contributed by atoms with E-state index >= 15 is 0 Å². The van der Waals surface area contributed by atoms with Crippen LogP contribution in [0.25, 0.3) is 5.57 Å². The Balaban J connectivity index is 1.74. The van der Waals surface area contributed by atoms with E-state index in [1.165, 1.54) is 29.3 Å². The van der Waals surface area contributed by atoms with Crippen LogP contribution in [0.4, 0.5) is 5.69 Å². The summed E-state index contributed by atoms with van der Waals surface area (Å²) in [5.41, 5.74) is 2.38. The molecule has 30 heavy (non-hydrogen) atoms. The maximum absolute atomic E-state index is 13.2. The lowest BCUT2D eigenvalue weighted by atomic mass is 10.0. The molecule has 6 nitrogen and oxygen atoms in total. The Morgan fingerprint density at radius 2 is 1.83 bits per heavy atom. The largest absolute Gasteiger partial charge is 0.478 e. The summed E-state index contributed by atoms with van der Waals surface area (Å²) in [6.07, 6.45) is 4.27. The van der Waals surface area contributed by atoms with Crippen LogP contribution in [0.1, 0.15) is 31.8 Å². The molecular formula is C23H15ClN2O4. The Morgan fingerprint density at radius 3 is 2.57 bits per heavy atom. The second-order valence-electron chi connectivity index (χ2n) is 6.69. The molecule has 1 aliphatic heterocycles. The van der Waals surface area contributed by atoms with Gasteiger partial charge in [0.1, 0.15) is 0 Å². The number of ketones is 1. The molecule has 4 rings (SSSR count). The van der Waals surface area contributed by atoms with Crippen LogP contribution in [0, 0.1) is 0 Å². The molecule has 0 bridgehead atoms. The van der Waals surface area contributed by atoms with Crippen molar-refractivity contribution in [3.63, 3.8) is 0 Å². The van der Waals surface area contributed by atoms with Crippen LogP contribution < -0.4 is 4.90 Å². The average Bonchev–Trinajstić information content (AvgIpc) is 3.01. The van der Waals surface area contributed by atoms with E-state index < -0.39 is 5.97 Å². The minimum Gasteiger partial charge on any atom is -0.478 e. The molecule has 2 aromatic carbocycles. The molecule has 1 N–H and O–H groups in total. The third kappa shape index (κ3) is 3.60. The van der Waals surface area contributed by atoms with Gasteiger partial charge >= 0.3 is 5.97 Å². The molecule has 0 aliphatic carbocycles. The number of fused-ring (bicyclic) bond motifs is 1. The second kappa shape index (κ2) is 7.93. The number of carboxylic acids is 1. The number of hydrogen-bond donors (Lipinski definition) is 1. The molecular weight excluding hydrogens is 404 g/mol. The zero-order valence-corrected chi connectivity index (χ0v) is 16.3. The fourth-order valence-corrected chi connectivity index (χ4v) is 3.64. The van der Waals surface area contributed by atoms with E-state index in [1.54, 1.807) is 48.7 Å². The molecule has 1 aromatic heterocycles. The molecule has 3 aromatic rings. The minimum absolute atomic E-state index is 0.132. The van der Waals surface area contributed by atoms with Gasteiger partial charge in [0.2, 0.25) is 0 Å². The molecule has 148 valence electrons. The lowest BCUT2D eigenvalue weighted by Gasteiger charge is -2.17. The maximum Gasteiger partial charge on any atom is 0.335 e. The number of carbonyl (C=O) groups is 3. The highest BCUT2D eigenvalue weighted by Crippen LogP contribution is 2.42. The molecule has 0 atom stereocenters. The van der Waals surface area contributed by atoms with Gasteiger partial charge in [-0.3, -0.25) is 14.6 Å². The minimum atomic E-state index is -1.05. The highest BCUT2D eigenvalue weighted by atomic mass is 35.5. The number of carboxylic acid groups (broad SMARTS) is 1. The van der Waals surface area contributed by atoms with E-state index in [-0.39, 0.29) is 29.4 Å². The van der Waals surface area contributed by atoms with Crippen LogP contribution in [0.2, 0.25) is 5.02 Å². The predicted octanol–water partition coefficient (Wildman–Crippen LogP) is 4.25. The van der Waals surface area contributed by atoms with Crippen LogP contribution in [0.3, 0.4) is 0 Å². The van der Waals surface area contributed by atoms with Gasteiger partial charge in [-0.25, -0.2) is 4.79 Å². The van der Waals surface area contributed by atoms with Gasteiger partial charge in [0, 0.05) is 23.5 Å². The maximum atomic E-state index is 13.2. The first-order valence-corrected chi connectivity index (χ1v) is 9.42. The number of aromatic nitrogens is 1. The van der Waals surface area contributed by atoms with Crippen molar-refractivity contribution in [1.29, 1.82) is 0 Å². The first kappa shape index (κ1) is 19.5. The topological polar surface area (TPSA) is 87.6 Å². The number of amides is 1. The second-order valence-corrected chi connectivity index (χ2v) is 7.10. The predicted molar refractivity (Wildman–Crippen MR) is 113 cm³/mol. The molecule has 0 saturated carbocycles. The van der Waals surface area contributed by atoms with Gasteiger partial charge in [0.25, 0.3) is 5.91 Å². The zero-order chi connectivity index (χ0) is 21.3. The summed E-state index contributed by atoms with van der Waals surface area (Å²) in [6, 6.07) is 14.8. The van der Waals surface area contributed by atoms with Gasteiger partial charge < -0.3 is 10.0 Å². The molecule has 1 amide bonds. The van der Waals surface area contributed by atoms with Crippen LogP contribution in [0.5, 0.6) is 0 Å². The standard InChI is InChI=1S/C23H15ClN2O4/c24-18-7-2-8-19-21(18)17(11-20(27)16-6-3-9-25-12-16)22(28)26(19)13-14-4-1-5-15(10-14)23(29)30/h1-12H,13H2,(H,29,30). The van der Waals surface area contributed by atoms with Gasteiger partial charge in [-0.2, -0.15) is 0 Å². The molecule has 0 radical (unpaired) electrons. The van der Waals surface area contributed by atoms with Crippen molar-refractivity contribution in [3.8, 4) is 0 Å². The van der Waals surface area contributed by atoms with Gasteiger partial charge in [0.05, 0.1) is 28.4 Å². The molecule has 0 unspecified atom stereocenters. The van der Waals surface area contributed by atoms with E-state index in [1.807, 2.05) is 0 Å². The summed E-state index contributed by atoms with van der Waals surface area (Å²) in [6.45, 7) is 0.145. The summed E-state index contributed by atoms with van der Waals surface area (Å²) in [5, 5.41) is 9.57. The van der Waals surface area contributed by atoms with E-state index in [9.17, 15) is 19.5 Å². The van der Waals surface area contributed by atoms with Crippen LogP contribution in [0.15, 0.2) is 73.1 Å². The number of aromatic carboxylic acids is 1. The fraction of sp³-hybridized carbons (Fsp3) is 0.0435. The third-order valence-electron chi connectivity index (χ3n) is 4.76. The molecule has 7 heteroatoms. The van der Waals surface area contributed by atoms with E-state index in [2.05, 4.69) is 4.98 Å². The number of hydrogen-bond acceptors (Lipinski definition) is 4. The molecule has 1 aliphatic rings. The van der Waals surface area contributed by atoms with Crippen molar-refractivity contribution >= 4 is 40.5 Å². The number of anilines is 1. The Bertz CT molecular complexity index is 1200. The number of carbonyl (C=O) groups excluding carboxylic acids is 2. The molecule has 0 saturated heterocycles. The number of benzene rings is 2. The van der Waals surface area contributed by atoms with Crippen LogP contribution >= 0.6 is 11.6 Å². The first-order chi connectivity index (χ1) is 14.5. The van der Waals surface area contributed by atoms with Crippen LogP contribution in [-0.4, -0.2) is 27.8 Å². The van der Waals surface area contributed by atoms with Crippen molar-refractivity contribution in [2.75, 3.05) is 4.90 Å². The Hall–Kier alpha value is -3.77. The van der Waals surface area contributed by atoms with Gasteiger partial charge in [-0.15, -0.1) is 0 Å². The number of pyridine rings is 1. The average molecular weight is 419 g/mol. The van der Waals surface area contributed by atoms with Crippen molar-refractivity contribution < 1.29 is 19.5 Å². The van der Waals surface area contributed by atoms with E-state index in [0.717, 1.165) is 0 Å². The van der Waals surface area contributed by atoms with Crippen molar-refractivity contribution in [3.05, 3.63) is 100 Å². The zero-order valence-electron chi connectivity index (χ0n) is 15.6. The summed E-state index contributed by atoms with van der Waals surface area (Å²) < 4.78 is 0. The summed E-state index contributed by atoms with van der Waals surface area (Å²) >= 11 is 6.37. The van der Waals surface area contributed by atoms with Crippen molar-refractivity contribution in [2.24, 2.45) is 0 Å². The van der Waals surface area contributed by atoms with E-state index in [0.29, 0.717) is 27.4 Å². The molecule has 0 spiro atoms. The summed E-state index contributed by atoms with van der Waals surface area (Å²) in [7, 11) is 0. The SMILES string of the molecule is O=C(O)c1cccc(CN2C(=O)C(=CC(=O)c3cccnc3)c3c(Cl)cccc32)c1. The Labute approximate surface area is 177 Å². The fourth-order valence-electron chi connectivity index (χ4n) is 3.37. The summed E-state index contributed by atoms with van der Waals surface area (Å²) in [5.74, 6) is -1.78. The Kier molecular flexibility index (Phi) is 5.16. The highest BCUT2D eigenvalue weighted by Gasteiger charge is 2.34. The van der Waals surface area contributed by atoms with Crippen molar-refractivity contribution in [2.45, 2.75) is 6.54 Å². The number of halogens is 1. The summed E-state index contributed by atoms with van der Waals surface area (Å²) in [4.78, 5) is 42.6.